The largest absolute Gasteiger partial charge is 0.334 e. The predicted molar refractivity (Wildman–Crippen MR) is 96.8 cm³/mol. The van der Waals surface area contributed by atoms with Gasteiger partial charge in [-0.25, -0.2) is 4.79 Å². The second-order valence-corrected chi connectivity index (χ2v) is 5.83. The second-order valence-electron chi connectivity index (χ2n) is 5.83. The Labute approximate surface area is 142 Å². The first-order chi connectivity index (χ1) is 11.7. The number of rotatable bonds is 5. The van der Waals surface area contributed by atoms with Crippen LogP contribution in [0.25, 0.3) is 10.8 Å². The summed E-state index contributed by atoms with van der Waals surface area (Å²) in [7, 11) is 1.82. The molecule has 1 heterocycles. The van der Waals surface area contributed by atoms with Crippen molar-refractivity contribution >= 4 is 16.8 Å². The molecule has 0 saturated carbocycles. The monoisotopic (exact) mass is 319 g/mol. The van der Waals surface area contributed by atoms with Gasteiger partial charge in [0.2, 0.25) is 0 Å². The third kappa shape index (κ3) is 3.90. The quantitative estimate of drug-likeness (QED) is 0.780. The van der Waals surface area contributed by atoms with Gasteiger partial charge in [-0.05, 0) is 34.4 Å². The highest BCUT2D eigenvalue weighted by Gasteiger charge is 2.09. The van der Waals surface area contributed by atoms with Crippen LogP contribution in [-0.4, -0.2) is 29.5 Å². The summed E-state index contributed by atoms with van der Waals surface area (Å²) >= 11 is 0. The number of urea groups is 1. The zero-order chi connectivity index (χ0) is 16.8. The molecule has 0 fully saturated rings. The van der Waals surface area contributed by atoms with Gasteiger partial charge >= 0.3 is 6.03 Å². The van der Waals surface area contributed by atoms with Gasteiger partial charge in [-0.15, -0.1) is 0 Å². The van der Waals surface area contributed by atoms with Gasteiger partial charge in [0.05, 0.1) is 0 Å². The van der Waals surface area contributed by atoms with Crippen molar-refractivity contribution in [1.29, 1.82) is 0 Å². The third-order valence-electron chi connectivity index (χ3n) is 4.11. The zero-order valence-electron chi connectivity index (χ0n) is 13.8. The standard InChI is InChI=1S/C20H21N3O/c1-23(20(24)22-15-16-6-5-12-21-14-16)13-11-18-9-4-8-17-7-2-3-10-19(17)18/h2-10,12,14H,11,13,15H2,1H3,(H,22,24). The van der Waals surface area contributed by atoms with Crippen LogP contribution in [0, 0.1) is 0 Å². The van der Waals surface area contributed by atoms with Crippen molar-refractivity contribution in [3.8, 4) is 0 Å². The first-order valence-electron chi connectivity index (χ1n) is 8.08. The van der Waals surface area contributed by atoms with E-state index in [0.29, 0.717) is 13.1 Å². The smallest absolute Gasteiger partial charge is 0.317 e. The minimum Gasteiger partial charge on any atom is -0.334 e. The highest BCUT2D eigenvalue weighted by Crippen LogP contribution is 2.19. The molecule has 24 heavy (non-hydrogen) atoms. The Kier molecular flexibility index (Phi) is 5.06. The molecule has 3 rings (SSSR count). The van der Waals surface area contributed by atoms with E-state index in [1.165, 1.54) is 16.3 Å². The summed E-state index contributed by atoms with van der Waals surface area (Å²) in [6, 6.07) is 18.4. The maximum Gasteiger partial charge on any atom is 0.317 e. The van der Waals surface area contributed by atoms with Crippen LogP contribution in [0.2, 0.25) is 0 Å². The summed E-state index contributed by atoms with van der Waals surface area (Å²) in [6.07, 6.45) is 4.32. The minimum atomic E-state index is -0.0703. The lowest BCUT2D eigenvalue weighted by Crippen LogP contribution is -2.38. The number of hydrogen-bond acceptors (Lipinski definition) is 2. The van der Waals surface area contributed by atoms with Crippen molar-refractivity contribution in [2.24, 2.45) is 0 Å². The second kappa shape index (κ2) is 7.59. The molecule has 0 saturated heterocycles. The van der Waals surface area contributed by atoms with E-state index in [2.05, 4.69) is 46.7 Å². The number of nitrogens with zero attached hydrogens (tertiary/aromatic N) is 2. The molecule has 0 unspecified atom stereocenters. The van der Waals surface area contributed by atoms with E-state index < -0.39 is 0 Å². The summed E-state index contributed by atoms with van der Waals surface area (Å²) in [5, 5.41) is 5.41. The van der Waals surface area contributed by atoms with Crippen LogP contribution in [-0.2, 0) is 13.0 Å². The van der Waals surface area contributed by atoms with E-state index >= 15 is 0 Å². The number of likely N-dealkylation sites (N-methyl/N-ethyl adjacent to an activating group) is 1. The molecule has 0 atom stereocenters. The summed E-state index contributed by atoms with van der Waals surface area (Å²) < 4.78 is 0. The first-order valence-corrected chi connectivity index (χ1v) is 8.08. The summed E-state index contributed by atoms with van der Waals surface area (Å²) in [4.78, 5) is 18.0. The Hall–Kier alpha value is -2.88. The number of benzene rings is 2. The van der Waals surface area contributed by atoms with Crippen molar-refractivity contribution in [3.05, 3.63) is 78.1 Å². The van der Waals surface area contributed by atoms with Crippen molar-refractivity contribution < 1.29 is 4.79 Å². The molecule has 0 aliphatic heterocycles. The summed E-state index contributed by atoms with van der Waals surface area (Å²) in [5.41, 5.74) is 2.26. The fraction of sp³-hybridized carbons (Fsp3) is 0.200. The Bertz CT molecular complexity index is 812. The molecule has 0 spiro atoms. The Morgan fingerprint density at radius 3 is 2.75 bits per heavy atom. The average Bonchev–Trinajstić information content (AvgIpc) is 2.65. The van der Waals surface area contributed by atoms with Crippen molar-refractivity contribution in [2.75, 3.05) is 13.6 Å². The van der Waals surface area contributed by atoms with E-state index in [1.54, 1.807) is 17.3 Å². The van der Waals surface area contributed by atoms with Gasteiger partial charge in [-0.2, -0.15) is 0 Å². The highest BCUT2D eigenvalue weighted by molar-refractivity contribution is 5.85. The fourth-order valence-corrected chi connectivity index (χ4v) is 2.72. The normalized spacial score (nSPS) is 10.5. The number of amides is 2. The summed E-state index contributed by atoms with van der Waals surface area (Å²) in [5.74, 6) is 0. The Balaban J connectivity index is 1.56. The van der Waals surface area contributed by atoms with Gasteiger partial charge in [-0.3, -0.25) is 4.98 Å². The molecule has 1 N–H and O–H groups in total. The number of pyridine rings is 1. The Morgan fingerprint density at radius 1 is 1.08 bits per heavy atom. The number of hydrogen-bond donors (Lipinski definition) is 1. The molecule has 1 aromatic heterocycles. The molecule has 0 radical (unpaired) electrons. The number of aromatic nitrogens is 1. The maximum absolute atomic E-state index is 12.2. The van der Waals surface area contributed by atoms with E-state index in [4.69, 9.17) is 0 Å². The molecular formula is C20H21N3O. The van der Waals surface area contributed by atoms with Gasteiger partial charge in [0, 0.05) is 32.5 Å². The number of fused-ring (bicyclic) bond motifs is 1. The number of carbonyl (C=O) groups is 1. The van der Waals surface area contributed by atoms with Crippen LogP contribution in [0.1, 0.15) is 11.1 Å². The molecule has 2 aromatic carbocycles. The molecule has 2 amide bonds. The molecule has 122 valence electrons. The fourth-order valence-electron chi connectivity index (χ4n) is 2.72. The summed E-state index contributed by atoms with van der Waals surface area (Å²) in [6.45, 7) is 1.16. The zero-order valence-corrected chi connectivity index (χ0v) is 13.8. The van der Waals surface area contributed by atoms with Crippen LogP contribution in [0.4, 0.5) is 4.79 Å². The average molecular weight is 319 g/mol. The lowest BCUT2D eigenvalue weighted by molar-refractivity contribution is 0.209. The van der Waals surface area contributed by atoms with E-state index in [0.717, 1.165) is 12.0 Å². The van der Waals surface area contributed by atoms with Crippen LogP contribution < -0.4 is 5.32 Å². The van der Waals surface area contributed by atoms with E-state index in [9.17, 15) is 4.79 Å². The van der Waals surface area contributed by atoms with Gasteiger partial charge in [0.25, 0.3) is 0 Å². The van der Waals surface area contributed by atoms with Crippen LogP contribution in [0.3, 0.4) is 0 Å². The topological polar surface area (TPSA) is 45.2 Å². The molecule has 4 nitrogen and oxygen atoms in total. The SMILES string of the molecule is CN(CCc1cccc2ccccc12)C(=O)NCc1cccnc1. The molecular weight excluding hydrogens is 298 g/mol. The molecule has 3 aromatic rings. The van der Waals surface area contributed by atoms with Gasteiger partial charge in [-0.1, -0.05) is 48.5 Å². The third-order valence-corrected chi connectivity index (χ3v) is 4.11. The highest BCUT2D eigenvalue weighted by atomic mass is 16.2. The molecule has 0 aliphatic rings. The van der Waals surface area contributed by atoms with E-state index in [-0.39, 0.29) is 6.03 Å². The van der Waals surface area contributed by atoms with Gasteiger partial charge < -0.3 is 10.2 Å². The molecule has 0 aliphatic carbocycles. The maximum atomic E-state index is 12.2. The van der Waals surface area contributed by atoms with Gasteiger partial charge in [0.1, 0.15) is 0 Å². The van der Waals surface area contributed by atoms with E-state index in [1.807, 2.05) is 25.2 Å². The first kappa shape index (κ1) is 16.0. The predicted octanol–water partition coefficient (Wildman–Crippen LogP) is 3.62. The van der Waals surface area contributed by atoms with Crippen molar-refractivity contribution in [2.45, 2.75) is 13.0 Å². The van der Waals surface area contributed by atoms with Crippen molar-refractivity contribution in [1.82, 2.24) is 15.2 Å². The number of carbonyl (C=O) groups excluding carboxylic acids is 1. The minimum absolute atomic E-state index is 0.0703. The van der Waals surface area contributed by atoms with Crippen molar-refractivity contribution in [3.63, 3.8) is 0 Å². The lowest BCUT2D eigenvalue weighted by atomic mass is 10.0. The van der Waals surface area contributed by atoms with Crippen LogP contribution in [0.5, 0.6) is 0 Å². The molecule has 4 heteroatoms. The van der Waals surface area contributed by atoms with Crippen LogP contribution >= 0.6 is 0 Å². The van der Waals surface area contributed by atoms with Gasteiger partial charge in [0.15, 0.2) is 0 Å². The Morgan fingerprint density at radius 2 is 1.92 bits per heavy atom. The lowest BCUT2D eigenvalue weighted by Gasteiger charge is -2.18. The molecule has 0 bridgehead atoms. The number of nitrogens with one attached hydrogen (secondary N) is 1. The van der Waals surface area contributed by atoms with Crippen LogP contribution in [0.15, 0.2) is 67.0 Å².